The van der Waals surface area contributed by atoms with E-state index in [1.54, 1.807) is 19.6 Å². The number of nitrogens with zero attached hydrogens (tertiary/aromatic N) is 4. The summed E-state index contributed by atoms with van der Waals surface area (Å²) in [6.07, 6.45) is 7.07. The fourth-order valence-electron chi connectivity index (χ4n) is 3.11. The summed E-state index contributed by atoms with van der Waals surface area (Å²) < 4.78 is 10.6. The van der Waals surface area contributed by atoms with Crippen molar-refractivity contribution >= 4 is 22.6 Å². The third-order valence-electron chi connectivity index (χ3n) is 4.36. The Hall–Kier alpha value is -2.83. The molecule has 0 atom stereocenters. The maximum atomic E-state index is 5.47. The number of methoxy groups -OCH3 is 1. The smallest absolute Gasteiger partial charge is 0.218 e. The van der Waals surface area contributed by atoms with Crippen molar-refractivity contribution in [3.63, 3.8) is 0 Å². The molecule has 0 saturated carbocycles. The molecule has 1 aliphatic rings. The number of fused-ring (bicyclic) bond motifs is 1. The van der Waals surface area contributed by atoms with Crippen LogP contribution in [0, 0.1) is 0 Å². The number of hydrogen-bond donors (Lipinski definition) is 1. The topological polar surface area (TPSA) is 76.3 Å². The third-order valence-corrected chi connectivity index (χ3v) is 4.36. The van der Waals surface area contributed by atoms with Crippen molar-refractivity contribution < 1.29 is 9.15 Å². The minimum absolute atomic E-state index is 0.379. The molecule has 4 rings (SSSR count). The van der Waals surface area contributed by atoms with Crippen LogP contribution in [0.2, 0.25) is 0 Å². The highest BCUT2D eigenvalue weighted by Gasteiger charge is 2.22. The molecule has 0 aliphatic carbocycles. The molecule has 1 N–H and O–H groups in total. The average molecular weight is 325 g/mol. The van der Waals surface area contributed by atoms with Crippen LogP contribution in [0.4, 0.5) is 11.6 Å². The zero-order valence-electron chi connectivity index (χ0n) is 13.5. The van der Waals surface area contributed by atoms with Crippen LogP contribution in [0.25, 0.3) is 11.0 Å². The molecule has 0 unspecified atom stereocenters. The quantitative estimate of drug-likeness (QED) is 0.790. The second kappa shape index (κ2) is 6.35. The predicted molar refractivity (Wildman–Crippen MR) is 91.5 cm³/mol. The number of aromatic nitrogens is 3. The van der Waals surface area contributed by atoms with Crippen LogP contribution in [0.3, 0.4) is 0 Å². The van der Waals surface area contributed by atoms with Gasteiger partial charge in [0.25, 0.3) is 0 Å². The molecular formula is C17H19N5O2. The van der Waals surface area contributed by atoms with Gasteiger partial charge in [0.1, 0.15) is 23.5 Å². The lowest BCUT2D eigenvalue weighted by Gasteiger charge is -2.33. The monoisotopic (exact) mass is 325 g/mol. The highest BCUT2D eigenvalue weighted by molar-refractivity contribution is 5.88. The Morgan fingerprint density at radius 2 is 2.08 bits per heavy atom. The van der Waals surface area contributed by atoms with E-state index in [4.69, 9.17) is 9.15 Å². The maximum Gasteiger partial charge on any atom is 0.218 e. The van der Waals surface area contributed by atoms with Crippen molar-refractivity contribution in [3.8, 4) is 5.88 Å². The Bertz CT molecular complexity index is 826. The normalized spacial score (nSPS) is 15.6. The molecule has 3 aromatic heterocycles. The Morgan fingerprint density at radius 3 is 2.92 bits per heavy atom. The van der Waals surface area contributed by atoms with Crippen LogP contribution < -0.4 is 15.0 Å². The number of piperidine rings is 1. The van der Waals surface area contributed by atoms with Gasteiger partial charge in [0.2, 0.25) is 5.88 Å². The molecule has 3 aromatic rings. The van der Waals surface area contributed by atoms with Crippen molar-refractivity contribution in [2.24, 2.45) is 0 Å². The lowest BCUT2D eigenvalue weighted by molar-refractivity contribution is 0.397. The molecule has 1 saturated heterocycles. The van der Waals surface area contributed by atoms with E-state index in [2.05, 4.69) is 25.2 Å². The van der Waals surface area contributed by atoms with E-state index in [0.717, 1.165) is 48.5 Å². The van der Waals surface area contributed by atoms with E-state index in [0.29, 0.717) is 11.9 Å². The molecule has 0 bridgehead atoms. The standard InChI is InChI=1S/C17H19N5O2/c1-23-16-10-15(19-11-20-16)21-12-3-7-22(8-4-12)17-13-5-9-24-14(13)2-6-18-17/h2,5-6,9-12H,3-4,7-8H2,1H3,(H,19,20,21). The zero-order valence-corrected chi connectivity index (χ0v) is 13.5. The van der Waals surface area contributed by atoms with Crippen LogP contribution in [0.15, 0.2) is 41.4 Å². The number of pyridine rings is 1. The first kappa shape index (κ1) is 14.7. The van der Waals surface area contributed by atoms with Crippen molar-refractivity contribution in [1.82, 2.24) is 15.0 Å². The third kappa shape index (κ3) is 2.84. The molecule has 1 fully saturated rings. The first-order chi connectivity index (χ1) is 11.8. The van der Waals surface area contributed by atoms with Crippen molar-refractivity contribution in [2.45, 2.75) is 18.9 Å². The van der Waals surface area contributed by atoms with Crippen LogP contribution in [-0.4, -0.2) is 41.2 Å². The molecule has 0 radical (unpaired) electrons. The maximum absolute atomic E-state index is 5.47. The number of ether oxygens (including phenoxy) is 1. The average Bonchev–Trinajstić information content (AvgIpc) is 3.11. The molecular weight excluding hydrogens is 306 g/mol. The van der Waals surface area contributed by atoms with Gasteiger partial charge in [-0.25, -0.2) is 15.0 Å². The second-order valence-corrected chi connectivity index (χ2v) is 5.82. The van der Waals surface area contributed by atoms with Gasteiger partial charge in [0, 0.05) is 31.4 Å². The summed E-state index contributed by atoms with van der Waals surface area (Å²) in [6.45, 7) is 1.88. The fourth-order valence-corrected chi connectivity index (χ4v) is 3.11. The molecule has 0 spiro atoms. The highest BCUT2D eigenvalue weighted by Crippen LogP contribution is 2.28. The number of anilines is 2. The first-order valence-electron chi connectivity index (χ1n) is 8.03. The van der Waals surface area contributed by atoms with Gasteiger partial charge in [-0.2, -0.15) is 0 Å². The molecule has 0 amide bonds. The SMILES string of the molecule is COc1cc(NC2CCN(c3nccc4occc34)CC2)ncn1. The number of furan rings is 1. The lowest BCUT2D eigenvalue weighted by atomic mass is 10.0. The van der Waals surface area contributed by atoms with Gasteiger partial charge in [-0.3, -0.25) is 0 Å². The predicted octanol–water partition coefficient (Wildman–Crippen LogP) is 2.71. The fraction of sp³-hybridized carbons (Fsp3) is 0.353. The summed E-state index contributed by atoms with van der Waals surface area (Å²) in [7, 11) is 1.61. The lowest BCUT2D eigenvalue weighted by Crippen LogP contribution is -2.39. The van der Waals surface area contributed by atoms with Gasteiger partial charge in [0.05, 0.1) is 18.8 Å². The van der Waals surface area contributed by atoms with Crippen molar-refractivity contribution in [3.05, 3.63) is 37.0 Å². The van der Waals surface area contributed by atoms with Crippen molar-refractivity contribution in [1.29, 1.82) is 0 Å². The number of rotatable bonds is 4. The minimum atomic E-state index is 0.379. The summed E-state index contributed by atoms with van der Waals surface area (Å²) in [6, 6.07) is 6.08. The minimum Gasteiger partial charge on any atom is -0.481 e. The van der Waals surface area contributed by atoms with E-state index in [1.807, 2.05) is 18.2 Å². The molecule has 24 heavy (non-hydrogen) atoms. The highest BCUT2D eigenvalue weighted by atomic mass is 16.5. The van der Waals surface area contributed by atoms with Gasteiger partial charge >= 0.3 is 0 Å². The first-order valence-corrected chi connectivity index (χ1v) is 8.03. The Labute approximate surface area is 139 Å². The largest absolute Gasteiger partial charge is 0.481 e. The van der Waals surface area contributed by atoms with Gasteiger partial charge in [-0.05, 0) is 25.0 Å². The molecule has 4 heterocycles. The van der Waals surface area contributed by atoms with E-state index < -0.39 is 0 Å². The van der Waals surface area contributed by atoms with Crippen LogP contribution in [0.5, 0.6) is 5.88 Å². The summed E-state index contributed by atoms with van der Waals surface area (Å²) in [5, 5.41) is 4.54. The van der Waals surface area contributed by atoms with Gasteiger partial charge in [-0.1, -0.05) is 0 Å². The van der Waals surface area contributed by atoms with Gasteiger partial charge < -0.3 is 19.4 Å². The molecule has 7 heteroatoms. The molecule has 7 nitrogen and oxygen atoms in total. The summed E-state index contributed by atoms with van der Waals surface area (Å²) in [5.41, 5.74) is 0.883. The van der Waals surface area contributed by atoms with E-state index in [1.165, 1.54) is 6.33 Å². The molecule has 0 aromatic carbocycles. The van der Waals surface area contributed by atoms with Crippen LogP contribution in [0.1, 0.15) is 12.8 Å². The zero-order chi connectivity index (χ0) is 16.4. The summed E-state index contributed by atoms with van der Waals surface area (Å²) >= 11 is 0. The Kier molecular flexibility index (Phi) is 3.90. The summed E-state index contributed by atoms with van der Waals surface area (Å²) in [4.78, 5) is 15.1. The van der Waals surface area contributed by atoms with Crippen LogP contribution >= 0.6 is 0 Å². The number of hydrogen-bond acceptors (Lipinski definition) is 7. The molecule has 1 aliphatic heterocycles. The van der Waals surface area contributed by atoms with E-state index in [-0.39, 0.29) is 0 Å². The second-order valence-electron chi connectivity index (χ2n) is 5.82. The van der Waals surface area contributed by atoms with Crippen LogP contribution in [-0.2, 0) is 0 Å². The van der Waals surface area contributed by atoms with E-state index >= 15 is 0 Å². The van der Waals surface area contributed by atoms with Gasteiger partial charge in [0.15, 0.2) is 0 Å². The Morgan fingerprint density at radius 1 is 1.21 bits per heavy atom. The van der Waals surface area contributed by atoms with Crippen molar-refractivity contribution in [2.75, 3.05) is 30.4 Å². The molecule has 124 valence electrons. The Balaban J connectivity index is 1.42. The summed E-state index contributed by atoms with van der Waals surface area (Å²) in [5.74, 6) is 2.37. The van der Waals surface area contributed by atoms with Gasteiger partial charge in [-0.15, -0.1) is 0 Å². The number of nitrogens with one attached hydrogen (secondary N) is 1. The van der Waals surface area contributed by atoms with E-state index in [9.17, 15) is 0 Å².